The minimum Gasteiger partial charge on any atom is -0.481 e. The van der Waals surface area contributed by atoms with Crippen molar-refractivity contribution in [3.63, 3.8) is 0 Å². The molecule has 0 aromatic rings. The van der Waals surface area contributed by atoms with Crippen molar-refractivity contribution in [1.29, 1.82) is 0 Å². The molecule has 0 spiro atoms. The van der Waals surface area contributed by atoms with Crippen LogP contribution in [0.15, 0.2) is 0 Å². The summed E-state index contributed by atoms with van der Waals surface area (Å²) in [7, 11) is 0. The lowest BCUT2D eigenvalue weighted by Crippen LogP contribution is -2.42. The molecule has 1 aliphatic rings. The number of carboxylic acids is 1. The summed E-state index contributed by atoms with van der Waals surface area (Å²) in [6.07, 6.45) is -5.62. The van der Waals surface area contributed by atoms with Gasteiger partial charge in [-0.15, -0.1) is 0 Å². The van der Waals surface area contributed by atoms with Crippen molar-refractivity contribution in [1.82, 2.24) is 4.90 Å². The summed E-state index contributed by atoms with van der Waals surface area (Å²) in [5.41, 5.74) is -2.91. The Hall–Kier alpha value is -1.47. The molecule has 0 radical (unpaired) electrons. The molecule has 1 saturated heterocycles. The Balaban J connectivity index is 2.97. The Labute approximate surface area is 114 Å². The molecule has 0 unspecified atom stereocenters. The Bertz CT molecular complexity index is 416. The first kappa shape index (κ1) is 16.6. The van der Waals surface area contributed by atoms with Gasteiger partial charge in [-0.2, -0.15) is 13.2 Å². The van der Waals surface area contributed by atoms with Gasteiger partial charge in [0.25, 0.3) is 0 Å². The summed E-state index contributed by atoms with van der Waals surface area (Å²) in [6.45, 7) is 4.51. The number of halogens is 3. The molecule has 1 aliphatic heterocycles. The molecule has 0 aromatic carbocycles. The molecule has 116 valence electrons. The second-order valence-electron chi connectivity index (χ2n) is 6.18. The number of carboxylic acid groups (broad SMARTS) is 1. The Kier molecular flexibility index (Phi) is 4.00. The van der Waals surface area contributed by atoms with E-state index in [1.54, 1.807) is 20.8 Å². The summed E-state index contributed by atoms with van der Waals surface area (Å²) in [5.74, 6) is -3.69. The molecular formula is C12H18F3NO4. The average molecular weight is 297 g/mol. The van der Waals surface area contributed by atoms with E-state index in [4.69, 9.17) is 9.84 Å². The zero-order valence-corrected chi connectivity index (χ0v) is 11.7. The minimum atomic E-state index is -4.69. The third kappa shape index (κ3) is 3.34. The Morgan fingerprint density at radius 1 is 1.30 bits per heavy atom. The SMILES string of the molecule is CC(C)(C)OC(=O)N1C[C@@H](C(F)(F)F)[C@@](C)(C(=O)O)C1. The van der Waals surface area contributed by atoms with Crippen LogP contribution in [-0.2, 0) is 9.53 Å². The maximum absolute atomic E-state index is 12.9. The second-order valence-corrected chi connectivity index (χ2v) is 6.18. The normalized spacial score (nSPS) is 27.6. The highest BCUT2D eigenvalue weighted by Crippen LogP contribution is 2.45. The van der Waals surface area contributed by atoms with Crippen LogP contribution in [0.3, 0.4) is 0 Å². The highest BCUT2D eigenvalue weighted by atomic mass is 19.4. The number of carbonyl (C=O) groups excluding carboxylic acids is 1. The van der Waals surface area contributed by atoms with E-state index in [-0.39, 0.29) is 0 Å². The van der Waals surface area contributed by atoms with Crippen molar-refractivity contribution < 1.29 is 32.6 Å². The van der Waals surface area contributed by atoms with Gasteiger partial charge in [0, 0.05) is 13.1 Å². The lowest BCUT2D eigenvalue weighted by Gasteiger charge is -2.27. The van der Waals surface area contributed by atoms with E-state index in [0.717, 1.165) is 11.8 Å². The topological polar surface area (TPSA) is 66.8 Å². The minimum absolute atomic E-state index is 0.526. The van der Waals surface area contributed by atoms with E-state index in [2.05, 4.69) is 0 Å². The van der Waals surface area contributed by atoms with Gasteiger partial charge in [-0.3, -0.25) is 4.79 Å². The van der Waals surface area contributed by atoms with Gasteiger partial charge in [0.2, 0.25) is 0 Å². The third-order valence-electron chi connectivity index (χ3n) is 3.23. The van der Waals surface area contributed by atoms with Crippen molar-refractivity contribution in [2.24, 2.45) is 11.3 Å². The highest BCUT2D eigenvalue weighted by molar-refractivity contribution is 5.78. The quantitative estimate of drug-likeness (QED) is 0.807. The summed E-state index contributed by atoms with van der Waals surface area (Å²) in [6, 6.07) is 0. The number of carbonyl (C=O) groups is 2. The van der Waals surface area contributed by atoms with Gasteiger partial charge in [0.15, 0.2) is 0 Å². The Morgan fingerprint density at radius 2 is 1.80 bits per heavy atom. The molecule has 0 aliphatic carbocycles. The first-order valence-electron chi connectivity index (χ1n) is 6.05. The molecule has 20 heavy (non-hydrogen) atoms. The number of aliphatic carboxylic acids is 1. The van der Waals surface area contributed by atoms with Crippen molar-refractivity contribution in [2.45, 2.75) is 39.5 Å². The Morgan fingerprint density at radius 3 is 2.10 bits per heavy atom. The van der Waals surface area contributed by atoms with Gasteiger partial charge in [0.1, 0.15) is 5.60 Å². The molecule has 1 N–H and O–H groups in total. The van der Waals surface area contributed by atoms with E-state index < -0.39 is 48.3 Å². The number of ether oxygens (including phenoxy) is 1. The smallest absolute Gasteiger partial charge is 0.410 e. The predicted octanol–water partition coefficient (Wildman–Crippen LogP) is 2.51. The zero-order valence-electron chi connectivity index (χ0n) is 11.7. The van der Waals surface area contributed by atoms with Crippen molar-refractivity contribution in [2.75, 3.05) is 13.1 Å². The predicted molar refractivity (Wildman–Crippen MR) is 63.1 cm³/mol. The van der Waals surface area contributed by atoms with E-state index in [1.165, 1.54) is 0 Å². The molecule has 0 saturated carbocycles. The molecular weight excluding hydrogens is 279 g/mol. The standard InChI is InChI=1S/C12H18F3NO4/c1-10(2,3)20-9(19)16-5-7(12(13,14)15)11(4,6-16)8(17)18/h7H,5-6H2,1-4H3,(H,17,18)/t7-,11+/m1/s1. The van der Waals surface area contributed by atoms with Gasteiger partial charge in [0.05, 0.1) is 11.3 Å². The van der Waals surface area contributed by atoms with Crippen LogP contribution < -0.4 is 0 Å². The maximum atomic E-state index is 12.9. The fourth-order valence-corrected chi connectivity index (χ4v) is 2.14. The summed E-state index contributed by atoms with van der Waals surface area (Å²) < 4.78 is 43.8. The first-order valence-corrected chi connectivity index (χ1v) is 6.05. The number of alkyl halides is 3. The molecule has 8 heteroatoms. The number of hydrogen-bond donors (Lipinski definition) is 1. The van der Waals surface area contributed by atoms with Gasteiger partial charge in [-0.05, 0) is 27.7 Å². The average Bonchev–Trinajstić information content (AvgIpc) is 2.54. The van der Waals surface area contributed by atoms with E-state index in [9.17, 15) is 22.8 Å². The number of nitrogens with zero attached hydrogens (tertiary/aromatic N) is 1. The summed E-state index contributed by atoms with van der Waals surface area (Å²) in [4.78, 5) is 23.7. The van der Waals surface area contributed by atoms with Gasteiger partial charge in [-0.25, -0.2) is 4.79 Å². The van der Waals surface area contributed by atoms with Crippen molar-refractivity contribution in [3.8, 4) is 0 Å². The second kappa shape index (κ2) is 4.82. The van der Waals surface area contributed by atoms with Gasteiger partial charge in [-0.1, -0.05) is 0 Å². The molecule has 1 heterocycles. The molecule has 5 nitrogen and oxygen atoms in total. The molecule has 1 fully saturated rings. The third-order valence-corrected chi connectivity index (χ3v) is 3.23. The zero-order chi connectivity index (χ0) is 15.9. The first-order chi connectivity index (χ1) is 8.77. The van der Waals surface area contributed by atoms with Crippen LogP contribution in [0.2, 0.25) is 0 Å². The lowest BCUT2D eigenvalue weighted by molar-refractivity contribution is -0.201. The van der Waals surface area contributed by atoms with E-state index >= 15 is 0 Å². The van der Waals surface area contributed by atoms with Crippen LogP contribution >= 0.6 is 0 Å². The van der Waals surface area contributed by atoms with Gasteiger partial charge < -0.3 is 14.7 Å². The molecule has 0 bridgehead atoms. The van der Waals surface area contributed by atoms with E-state index in [1.807, 2.05) is 0 Å². The summed E-state index contributed by atoms with van der Waals surface area (Å²) in [5, 5.41) is 9.06. The number of hydrogen-bond acceptors (Lipinski definition) is 3. The van der Waals surface area contributed by atoms with Gasteiger partial charge >= 0.3 is 18.2 Å². The number of rotatable bonds is 1. The molecule has 2 atom stereocenters. The van der Waals surface area contributed by atoms with Crippen molar-refractivity contribution in [3.05, 3.63) is 0 Å². The monoisotopic (exact) mass is 297 g/mol. The highest BCUT2D eigenvalue weighted by Gasteiger charge is 2.61. The fraction of sp³-hybridized carbons (Fsp3) is 0.833. The molecule has 1 amide bonds. The van der Waals surface area contributed by atoms with Crippen LogP contribution in [0.5, 0.6) is 0 Å². The number of amides is 1. The van der Waals surface area contributed by atoms with E-state index in [0.29, 0.717) is 0 Å². The van der Waals surface area contributed by atoms with Crippen LogP contribution in [-0.4, -0.2) is 46.9 Å². The number of likely N-dealkylation sites (tertiary alicyclic amines) is 1. The fourth-order valence-electron chi connectivity index (χ4n) is 2.14. The summed E-state index contributed by atoms with van der Waals surface area (Å²) >= 11 is 0. The molecule has 1 rings (SSSR count). The van der Waals surface area contributed by atoms with Crippen LogP contribution in [0.1, 0.15) is 27.7 Å². The van der Waals surface area contributed by atoms with Crippen molar-refractivity contribution >= 4 is 12.1 Å². The maximum Gasteiger partial charge on any atom is 0.410 e. The van der Waals surface area contributed by atoms with Crippen LogP contribution in [0.4, 0.5) is 18.0 Å². The lowest BCUT2D eigenvalue weighted by atomic mass is 9.79. The largest absolute Gasteiger partial charge is 0.481 e. The van der Waals surface area contributed by atoms with Crippen LogP contribution in [0.25, 0.3) is 0 Å². The van der Waals surface area contributed by atoms with Crippen LogP contribution in [0, 0.1) is 11.3 Å². The molecule has 0 aromatic heterocycles.